The Labute approximate surface area is 164 Å². The number of hydrogen-bond donors (Lipinski definition) is 1. The number of nitrogens with one attached hydrogen (secondary N) is 1. The van der Waals surface area contributed by atoms with Crippen LogP contribution in [0.4, 0.5) is 0 Å². The quantitative estimate of drug-likeness (QED) is 0.473. The lowest BCUT2D eigenvalue weighted by molar-refractivity contribution is -0.123. The molecule has 0 aromatic heterocycles. The highest BCUT2D eigenvalue weighted by molar-refractivity contribution is 5.85. The third-order valence-corrected chi connectivity index (χ3v) is 3.94. The van der Waals surface area contributed by atoms with Crippen LogP contribution in [0.25, 0.3) is 11.1 Å². The zero-order chi connectivity index (χ0) is 19.6. The smallest absolute Gasteiger partial charge is 0.277 e. The molecule has 0 aliphatic rings. The molecule has 0 bridgehead atoms. The average molecular weight is 374 g/mol. The van der Waals surface area contributed by atoms with E-state index in [-0.39, 0.29) is 12.5 Å². The Morgan fingerprint density at radius 2 is 1.57 bits per heavy atom. The molecule has 0 saturated carbocycles. The maximum atomic E-state index is 12.1. The van der Waals surface area contributed by atoms with Crippen LogP contribution < -0.4 is 14.9 Å². The van der Waals surface area contributed by atoms with Crippen LogP contribution in [0.2, 0.25) is 0 Å². The first-order valence-electron chi connectivity index (χ1n) is 9.09. The number of hydrazone groups is 1. The molecule has 0 aliphatic heterocycles. The fourth-order valence-electron chi connectivity index (χ4n) is 2.67. The first-order chi connectivity index (χ1) is 13.8. The van der Waals surface area contributed by atoms with Gasteiger partial charge in [-0.05, 0) is 30.7 Å². The van der Waals surface area contributed by atoms with E-state index in [0.717, 1.165) is 22.4 Å². The molecule has 142 valence electrons. The maximum Gasteiger partial charge on any atom is 0.277 e. The van der Waals surface area contributed by atoms with Crippen LogP contribution in [0.5, 0.6) is 11.5 Å². The van der Waals surface area contributed by atoms with Crippen LogP contribution in [-0.2, 0) is 4.79 Å². The Morgan fingerprint density at radius 3 is 2.36 bits per heavy atom. The minimum absolute atomic E-state index is 0.131. The highest BCUT2D eigenvalue weighted by Gasteiger charge is 2.08. The predicted octanol–water partition coefficient (Wildman–Crippen LogP) is 4.28. The molecule has 1 amide bonds. The number of carbonyl (C=O) groups excluding carboxylic acids is 1. The van der Waals surface area contributed by atoms with Crippen molar-refractivity contribution in [2.75, 3.05) is 13.2 Å². The van der Waals surface area contributed by atoms with E-state index in [2.05, 4.69) is 10.5 Å². The van der Waals surface area contributed by atoms with Gasteiger partial charge in [0.25, 0.3) is 5.91 Å². The number of rotatable bonds is 8. The van der Waals surface area contributed by atoms with Crippen LogP contribution in [0.1, 0.15) is 12.5 Å². The van der Waals surface area contributed by atoms with Crippen molar-refractivity contribution in [2.45, 2.75) is 6.92 Å². The van der Waals surface area contributed by atoms with E-state index in [1.54, 1.807) is 6.21 Å². The van der Waals surface area contributed by atoms with Crippen LogP contribution in [0.3, 0.4) is 0 Å². The molecular weight excluding hydrogens is 352 g/mol. The molecule has 0 fully saturated rings. The van der Waals surface area contributed by atoms with E-state index in [0.29, 0.717) is 12.4 Å². The van der Waals surface area contributed by atoms with Crippen molar-refractivity contribution in [1.29, 1.82) is 0 Å². The van der Waals surface area contributed by atoms with Crippen LogP contribution in [-0.4, -0.2) is 25.3 Å². The molecule has 5 heteroatoms. The van der Waals surface area contributed by atoms with Gasteiger partial charge in [0.05, 0.1) is 12.8 Å². The fourth-order valence-corrected chi connectivity index (χ4v) is 2.67. The lowest BCUT2D eigenvalue weighted by atomic mass is 10.1. The molecule has 0 atom stereocenters. The molecule has 3 rings (SSSR count). The van der Waals surface area contributed by atoms with Crippen LogP contribution >= 0.6 is 0 Å². The lowest BCUT2D eigenvalue weighted by Gasteiger charge is -2.11. The minimum atomic E-state index is -0.340. The summed E-state index contributed by atoms with van der Waals surface area (Å²) in [5.74, 6) is 1.03. The van der Waals surface area contributed by atoms with Crippen molar-refractivity contribution in [2.24, 2.45) is 5.10 Å². The number of amides is 1. The Kier molecular flexibility index (Phi) is 6.79. The van der Waals surface area contributed by atoms with Crippen molar-refractivity contribution >= 4 is 12.1 Å². The number of benzene rings is 3. The molecule has 0 spiro atoms. The lowest BCUT2D eigenvalue weighted by Crippen LogP contribution is -2.24. The Bertz CT molecular complexity index is 939. The second-order valence-corrected chi connectivity index (χ2v) is 5.91. The summed E-state index contributed by atoms with van der Waals surface area (Å²) in [6, 6.07) is 25.0. The largest absolute Gasteiger partial charge is 0.493 e. The summed E-state index contributed by atoms with van der Waals surface area (Å²) < 4.78 is 11.2. The molecule has 0 heterocycles. The Balaban J connectivity index is 1.59. The van der Waals surface area contributed by atoms with Gasteiger partial charge < -0.3 is 9.47 Å². The van der Waals surface area contributed by atoms with E-state index in [1.807, 2.05) is 85.8 Å². The van der Waals surface area contributed by atoms with Gasteiger partial charge in [-0.15, -0.1) is 0 Å². The Hall–Kier alpha value is -3.60. The summed E-state index contributed by atoms with van der Waals surface area (Å²) >= 11 is 0. The van der Waals surface area contributed by atoms with Crippen molar-refractivity contribution < 1.29 is 14.3 Å². The van der Waals surface area contributed by atoms with Gasteiger partial charge in [-0.3, -0.25) is 4.79 Å². The summed E-state index contributed by atoms with van der Waals surface area (Å²) in [6.07, 6.45) is 1.56. The molecule has 0 saturated heterocycles. The summed E-state index contributed by atoms with van der Waals surface area (Å²) in [6.45, 7) is 2.35. The highest BCUT2D eigenvalue weighted by atomic mass is 16.5. The van der Waals surface area contributed by atoms with Crippen molar-refractivity contribution in [1.82, 2.24) is 5.43 Å². The maximum absolute atomic E-state index is 12.1. The average Bonchev–Trinajstić information content (AvgIpc) is 2.74. The first-order valence-corrected chi connectivity index (χ1v) is 9.09. The number of carbonyl (C=O) groups is 1. The molecule has 0 aliphatic carbocycles. The number of para-hydroxylation sites is 2. The molecule has 5 nitrogen and oxygen atoms in total. The topological polar surface area (TPSA) is 59.9 Å². The van der Waals surface area contributed by atoms with Crippen LogP contribution in [0, 0.1) is 0 Å². The number of ether oxygens (including phenoxy) is 2. The normalized spacial score (nSPS) is 10.6. The van der Waals surface area contributed by atoms with E-state index in [4.69, 9.17) is 9.47 Å². The Morgan fingerprint density at radius 1 is 0.893 bits per heavy atom. The second kappa shape index (κ2) is 9.92. The molecule has 1 N–H and O–H groups in total. The first kappa shape index (κ1) is 19.2. The van der Waals surface area contributed by atoms with Gasteiger partial charge in [-0.2, -0.15) is 5.10 Å². The monoisotopic (exact) mass is 374 g/mol. The number of hydrogen-bond acceptors (Lipinski definition) is 4. The van der Waals surface area contributed by atoms with Crippen LogP contribution in [0.15, 0.2) is 84.0 Å². The zero-order valence-corrected chi connectivity index (χ0v) is 15.7. The zero-order valence-electron chi connectivity index (χ0n) is 15.7. The van der Waals surface area contributed by atoms with Gasteiger partial charge in [0.15, 0.2) is 6.61 Å². The van der Waals surface area contributed by atoms with Crippen molar-refractivity contribution in [3.05, 3.63) is 84.4 Å². The van der Waals surface area contributed by atoms with Gasteiger partial charge in [0.2, 0.25) is 0 Å². The third kappa shape index (κ3) is 5.20. The van der Waals surface area contributed by atoms with Gasteiger partial charge in [0.1, 0.15) is 11.5 Å². The summed E-state index contributed by atoms with van der Waals surface area (Å²) in [5.41, 5.74) is 5.24. The van der Waals surface area contributed by atoms with Gasteiger partial charge in [0, 0.05) is 11.1 Å². The molecular formula is C23H22N2O3. The van der Waals surface area contributed by atoms with Crippen molar-refractivity contribution in [3.63, 3.8) is 0 Å². The van der Waals surface area contributed by atoms with E-state index in [9.17, 15) is 4.79 Å². The van der Waals surface area contributed by atoms with E-state index in [1.165, 1.54) is 0 Å². The summed E-state index contributed by atoms with van der Waals surface area (Å²) in [7, 11) is 0. The van der Waals surface area contributed by atoms with Gasteiger partial charge >= 0.3 is 0 Å². The van der Waals surface area contributed by atoms with Crippen molar-refractivity contribution in [3.8, 4) is 22.6 Å². The van der Waals surface area contributed by atoms with Gasteiger partial charge in [-0.1, -0.05) is 60.7 Å². The molecule has 3 aromatic rings. The van der Waals surface area contributed by atoms with E-state index >= 15 is 0 Å². The number of nitrogens with zero attached hydrogens (tertiary/aromatic N) is 1. The standard InChI is InChI=1S/C23H22N2O3/c1-2-27-21-14-8-6-12-19(21)16-24-25-23(26)17-28-22-15-9-7-13-20(22)18-10-4-3-5-11-18/h3-16H,2,17H2,1H3,(H,25,26)/b24-16+. The molecule has 0 unspecified atom stereocenters. The molecule has 3 aromatic carbocycles. The predicted molar refractivity (Wildman–Crippen MR) is 111 cm³/mol. The summed E-state index contributed by atoms with van der Waals surface area (Å²) in [4.78, 5) is 12.1. The molecule has 28 heavy (non-hydrogen) atoms. The van der Waals surface area contributed by atoms with Gasteiger partial charge in [-0.25, -0.2) is 5.43 Å². The molecule has 0 radical (unpaired) electrons. The third-order valence-electron chi connectivity index (χ3n) is 3.94. The second-order valence-electron chi connectivity index (χ2n) is 5.91. The SMILES string of the molecule is CCOc1ccccc1/C=N/NC(=O)COc1ccccc1-c1ccccc1. The summed E-state index contributed by atoms with van der Waals surface area (Å²) in [5, 5.41) is 3.99. The highest BCUT2D eigenvalue weighted by Crippen LogP contribution is 2.29. The minimum Gasteiger partial charge on any atom is -0.493 e. The van der Waals surface area contributed by atoms with E-state index < -0.39 is 0 Å². The fraction of sp³-hybridized carbons (Fsp3) is 0.130.